The van der Waals surface area contributed by atoms with Gasteiger partial charge in [0.15, 0.2) is 5.78 Å². The van der Waals surface area contributed by atoms with E-state index >= 15 is 0 Å². The lowest BCUT2D eigenvalue weighted by Gasteiger charge is -2.33. The maximum absolute atomic E-state index is 13.2. The number of Topliss-reactive ketones (excluding diaryl/α,β-unsaturated/α-hetero) is 1. The Morgan fingerprint density at radius 2 is 1.72 bits per heavy atom. The number of benzene rings is 2. The van der Waals surface area contributed by atoms with E-state index in [0.29, 0.717) is 30.6 Å². The predicted molar refractivity (Wildman–Crippen MR) is 113 cm³/mol. The Morgan fingerprint density at radius 3 is 2.34 bits per heavy atom. The molecule has 2 aromatic rings. The minimum absolute atomic E-state index is 0.0914. The van der Waals surface area contributed by atoms with Crippen LogP contribution in [0.25, 0.3) is 0 Å². The molecule has 1 saturated heterocycles. The number of rotatable bonds is 5. The molecule has 1 aliphatic rings. The molecule has 1 aliphatic heterocycles. The van der Waals surface area contributed by atoms with Crippen molar-refractivity contribution in [1.82, 2.24) is 4.31 Å². The molecule has 1 fully saturated rings. The molecule has 154 valence electrons. The molecule has 3 rings (SSSR count). The molecule has 0 saturated carbocycles. The van der Waals surface area contributed by atoms with E-state index in [-0.39, 0.29) is 16.6 Å². The fourth-order valence-corrected chi connectivity index (χ4v) is 5.28. The summed E-state index contributed by atoms with van der Waals surface area (Å²) in [7, 11) is -3.85. The van der Waals surface area contributed by atoms with Gasteiger partial charge in [0.1, 0.15) is 6.04 Å². The number of hydrogen-bond acceptors (Lipinski definition) is 4. The first-order valence-corrected chi connectivity index (χ1v) is 11.1. The summed E-state index contributed by atoms with van der Waals surface area (Å²) in [4.78, 5) is 24.5. The van der Waals surface area contributed by atoms with Crippen molar-refractivity contribution < 1.29 is 18.0 Å². The smallest absolute Gasteiger partial charge is 0.243 e. The molecule has 1 unspecified atom stereocenters. The third-order valence-corrected chi connectivity index (χ3v) is 7.19. The van der Waals surface area contributed by atoms with E-state index in [2.05, 4.69) is 5.32 Å². The van der Waals surface area contributed by atoms with Crippen molar-refractivity contribution in [1.29, 1.82) is 0 Å². The van der Waals surface area contributed by atoms with Crippen LogP contribution in [0.15, 0.2) is 47.4 Å². The molecule has 29 heavy (non-hydrogen) atoms. The molecule has 0 aliphatic carbocycles. The summed E-state index contributed by atoms with van der Waals surface area (Å²) in [5.74, 6) is -0.446. The second-order valence-electron chi connectivity index (χ2n) is 7.52. The summed E-state index contributed by atoms with van der Waals surface area (Å²) in [6.07, 6.45) is 1.97. The quantitative estimate of drug-likeness (QED) is 0.757. The van der Waals surface area contributed by atoms with Crippen LogP contribution in [0.5, 0.6) is 0 Å². The van der Waals surface area contributed by atoms with Gasteiger partial charge < -0.3 is 5.32 Å². The van der Waals surface area contributed by atoms with Gasteiger partial charge in [-0.05, 0) is 57.4 Å². The maximum atomic E-state index is 13.2. The Balaban J connectivity index is 1.86. The van der Waals surface area contributed by atoms with Gasteiger partial charge in [-0.15, -0.1) is 0 Å². The van der Waals surface area contributed by atoms with Crippen LogP contribution < -0.4 is 5.32 Å². The average Bonchev–Trinajstić information content (AvgIpc) is 2.70. The number of nitrogens with zero attached hydrogens (tertiary/aromatic N) is 1. The average molecular weight is 415 g/mol. The summed E-state index contributed by atoms with van der Waals surface area (Å²) in [6.45, 7) is 5.61. The summed E-state index contributed by atoms with van der Waals surface area (Å²) in [5, 5.41) is 2.90. The van der Waals surface area contributed by atoms with Crippen LogP contribution in [-0.2, 0) is 14.8 Å². The molecule has 0 aromatic heterocycles. The number of sulfonamides is 1. The van der Waals surface area contributed by atoms with E-state index in [1.807, 2.05) is 32.0 Å². The number of carbonyl (C=O) groups excluding carboxylic acids is 2. The minimum Gasteiger partial charge on any atom is -0.324 e. The summed E-state index contributed by atoms with van der Waals surface area (Å²) in [5.41, 5.74) is 3.17. The van der Waals surface area contributed by atoms with E-state index in [0.717, 1.165) is 17.5 Å². The summed E-state index contributed by atoms with van der Waals surface area (Å²) >= 11 is 0. The third-order valence-electron chi connectivity index (χ3n) is 5.26. The molecule has 1 N–H and O–H groups in total. The van der Waals surface area contributed by atoms with Crippen molar-refractivity contribution in [3.8, 4) is 0 Å². The molecule has 0 bridgehead atoms. The highest BCUT2D eigenvalue weighted by Crippen LogP contribution is 2.27. The molecular weight excluding hydrogens is 388 g/mol. The van der Waals surface area contributed by atoms with Crippen LogP contribution in [0.4, 0.5) is 5.69 Å². The first-order valence-electron chi connectivity index (χ1n) is 9.71. The molecule has 2 aromatic carbocycles. The molecular formula is C22H26N2O4S. The molecule has 7 heteroatoms. The van der Waals surface area contributed by atoms with Gasteiger partial charge in [-0.1, -0.05) is 36.2 Å². The zero-order valence-electron chi connectivity index (χ0n) is 16.9. The van der Waals surface area contributed by atoms with Crippen molar-refractivity contribution in [2.45, 2.75) is 51.0 Å². The van der Waals surface area contributed by atoms with E-state index in [9.17, 15) is 18.0 Å². The van der Waals surface area contributed by atoms with Crippen molar-refractivity contribution >= 4 is 27.4 Å². The van der Waals surface area contributed by atoms with Crippen LogP contribution in [0.3, 0.4) is 0 Å². The van der Waals surface area contributed by atoms with Crippen molar-refractivity contribution in [3.63, 3.8) is 0 Å². The van der Waals surface area contributed by atoms with Gasteiger partial charge in [0.25, 0.3) is 0 Å². The Bertz CT molecular complexity index is 1030. The van der Waals surface area contributed by atoms with Gasteiger partial charge in [-0.25, -0.2) is 8.42 Å². The monoisotopic (exact) mass is 414 g/mol. The van der Waals surface area contributed by atoms with Crippen LogP contribution in [0.2, 0.25) is 0 Å². The van der Waals surface area contributed by atoms with Crippen molar-refractivity contribution in [2.24, 2.45) is 0 Å². The van der Waals surface area contributed by atoms with E-state index in [1.54, 1.807) is 0 Å². The van der Waals surface area contributed by atoms with Crippen LogP contribution >= 0.6 is 0 Å². The number of amides is 1. The minimum atomic E-state index is -3.85. The number of ketones is 1. The number of aryl methyl sites for hydroxylation is 2. The number of piperidine rings is 1. The maximum Gasteiger partial charge on any atom is 0.243 e. The zero-order valence-corrected chi connectivity index (χ0v) is 17.8. The van der Waals surface area contributed by atoms with Crippen LogP contribution in [0, 0.1) is 13.8 Å². The Morgan fingerprint density at radius 1 is 1.03 bits per heavy atom. The first kappa shape index (κ1) is 21.2. The van der Waals surface area contributed by atoms with Gasteiger partial charge in [-0.3, -0.25) is 9.59 Å². The normalized spacial score (nSPS) is 17.7. The van der Waals surface area contributed by atoms with Crippen LogP contribution in [-0.4, -0.2) is 37.0 Å². The standard InChI is InChI=1S/C22H26N2O4S/c1-15-7-12-20(16(2)14-15)23-22(26)21-6-4-5-13-24(21)29(27,28)19-10-8-18(9-11-19)17(3)25/h7-12,14,21H,4-6,13H2,1-3H3,(H,23,26). The lowest BCUT2D eigenvalue weighted by atomic mass is 10.0. The Kier molecular flexibility index (Phi) is 6.19. The van der Waals surface area contributed by atoms with Gasteiger partial charge in [0.2, 0.25) is 15.9 Å². The van der Waals surface area contributed by atoms with Gasteiger partial charge in [0, 0.05) is 17.8 Å². The largest absolute Gasteiger partial charge is 0.324 e. The topological polar surface area (TPSA) is 83.6 Å². The highest BCUT2D eigenvalue weighted by Gasteiger charge is 2.37. The van der Waals surface area contributed by atoms with Gasteiger partial charge in [-0.2, -0.15) is 4.31 Å². The molecule has 0 radical (unpaired) electrons. The fourth-order valence-electron chi connectivity index (χ4n) is 3.62. The molecule has 1 heterocycles. The number of hydrogen-bond donors (Lipinski definition) is 1. The Labute approximate surface area is 172 Å². The molecule has 0 spiro atoms. The highest BCUT2D eigenvalue weighted by molar-refractivity contribution is 7.89. The summed E-state index contributed by atoms with van der Waals surface area (Å²) in [6, 6.07) is 10.8. The number of anilines is 1. The lowest BCUT2D eigenvalue weighted by Crippen LogP contribution is -2.49. The zero-order chi connectivity index (χ0) is 21.2. The van der Waals surface area contributed by atoms with Crippen molar-refractivity contribution in [3.05, 3.63) is 59.2 Å². The van der Waals surface area contributed by atoms with E-state index < -0.39 is 16.1 Å². The highest BCUT2D eigenvalue weighted by atomic mass is 32.2. The van der Waals surface area contributed by atoms with Gasteiger partial charge in [0.05, 0.1) is 4.90 Å². The fraction of sp³-hybridized carbons (Fsp3) is 0.364. The second kappa shape index (κ2) is 8.47. The van der Waals surface area contributed by atoms with Crippen LogP contribution in [0.1, 0.15) is 47.7 Å². The summed E-state index contributed by atoms with van der Waals surface area (Å²) < 4.78 is 27.7. The SMILES string of the molecule is CC(=O)c1ccc(S(=O)(=O)N2CCCCC2C(=O)Nc2ccc(C)cc2C)cc1. The molecule has 6 nitrogen and oxygen atoms in total. The Hall–Kier alpha value is -2.51. The third kappa shape index (κ3) is 4.57. The number of carbonyl (C=O) groups is 2. The lowest BCUT2D eigenvalue weighted by molar-refractivity contribution is -0.120. The molecule has 1 atom stereocenters. The van der Waals surface area contributed by atoms with Crippen molar-refractivity contribution in [2.75, 3.05) is 11.9 Å². The second-order valence-corrected chi connectivity index (χ2v) is 9.41. The first-order chi connectivity index (χ1) is 13.7. The molecule has 1 amide bonds. The predicted octanol–water partition coefficient (Wildman–Crippen LogP) is 3.69. The van der Waals surface area contributed by atoms with E-state index in [1.165, 1.54) is 35.5 Å². The van der Waals surface area contributed by atoms with Gasteiger partial charge >= 0.3 is 0 Å². The number of nitrogens with one attached hydrogen (secondary N) is 1. The van der Waals surface area contributed by atoms with E-state index in [4.69, 9.17) is 0 Å².